The molecule has 0 saturated heterocycles. The predicted molar refractivity (Wildman–Crippen MR) is 69.4 cm³/mol. The molecule has 1 aromatic heterocycles. The molecule has 1 aliphatic rings. The van der Waals surface area contributed by atoms with Crippen molar-refractivity contribution in [3.05, 3.63) is 23.4 Å². The van der Waals surface area contributed by atoms with Gasteiger partial charge in [-0.2, -0.15) is 5.26 Å². The summed E-state index contributed by atoms with van der Waals surface area (Å²) in [5.41, 5.74) is 1.58. The van der Waals surface area contributed by atoms with Crippen molar-refractivity contribution >= 4 is 11.6 Å². The van der Waals surface area contributed by atoms with Gasteiger partial charge in [-0.1, -0.05) is 0 Å². The summed E-state index contributed by atoms with van der Waals surface area (Å²) in [5, 5.41) is 9.22. The van der Waals surface area contributed by atoms with E-state index in [4.69, 9.17) is 0 Å². The lowest BCUT2D eigenvalue weighted by molar-refractivity contribution is -0.120. The Bertz CT molecular complexity index is 494. The number of aromatic nitrogens is 1. The van der Waals surface area contributed by atoms with Crippen LogP contribution < -0.4 is 4.90 Å². The Morgan fingerprint density at radius 2 is 2.11 bits per heavy atom. The van der Waals surface area contributed by atoms with Gasteiger partial charge in [-0.15, -0.1) is 0 Å². The van der Waals surface area contributed by atoms with Gasteiger partial charge >= 0.3 is 0 Å². The number of ketones is 1. The van der Waals surface area contributed by atoms with Gasteiger partial charge in [-0.05, 0) is 31.4 Å². The van der Waals surface area contributed by atoms with Crippen molar-refractivity contribution in [1.82, 2.24) is 4.98 Å². The van der Waals surface area contributed by atoms with Crippen LogP contribution in [0.5, 0.6) is 0 Å². The summed E-state index contributed by atoms with van der Waals surface area (Å²) < 4.78 is 0. The number of aryl methyl sites for hydroxylation is 1. The largest absolute Gasteiger partial charge is 0.356 e. The highest BCUT2D eigenvalue weighted by atomic mass is 16.1. The minimum atomic E-state index is 0.309. The van der Waals surface area contributed by atoms with Crippen molar-refractivity contribution in [3.8, 4) is 6.07 Å². The van der Waals surface area contributed by atoms with Crippen molar-refractivity contribution < 1.29 is 4.79 Å². The summed E-state index contributed by atoms with van der Waals surface area (Å²) in [6.07, 6.45) is 4.73. The quantitative estimate of drug-likeness (QED) is 0.799. The maximum absolute atomic E-state index is 11.3. The third kappa shape index (κ3) is 2.35. The van der Waals surface area contributed by atoms with Gasteiger partial charge in [0, 0.05) is 32.1 Å². The lowest BCUT2D eigenvalue weighted by Gasteiger charge is -2.32. The zero-order chi connectivity index (χ0) is 13.1. The van der Waals surface area contributed by atoms with Crippen molar-refractivity contribution in [2.45, 2.75) is 38.6 Å². The zero-order valence-corrected chi connectivity index (χ0v) is 10.8. The first kappa shape index (κ1) is 12.6. The van der Waals surface area contributed by atoms with Crippen LogP contribution in [-0.2, 0) is 4.79 Å². The molecule has 1 heterocycles. The number of rotatable bonds is 2. The SMILES string of the molecule is Cc1ccnc(N(C)C2CCC(=O)CC2)c1C#N. The van der Waals surface area contributed by atoms with Crippen LogP contribution in [0.4, 0.5) is 5.82 Å². The number of pyridine rings is 1. The monoisotopic (exact) mass is 243 g/mol. The fourth-order valence-corrected chi connectivity index (χ4v) is 2.43. The van der Waals surface area contributed by atoms with E-state index in [1.54, 1.807) is 6.20 Å². The molecule has 0 radical (unpaired) electrons. The predicted octanol–water partition coefficient (Wildman–Crippen LogP) is 2.21. The summed E-state index contributed by atoms with van der Waals surface area (Å²) in [6, 6.07) is 4.38. The summed E-state index contributed by atoms with van der Waals surface area (Å²) in [7, 11) is 1.96. The van der Waals surface area contributed by atoms with Crippen molar-refractivity contribution in [2.75, 3.05) is 11.9 Å². The maximum atomic E-state index is 11.3. The summed E-state index contributed by atoms with van der Waals surface area (Å²) in [6.45, 7) is 1.92. The molecule has 0 N–H and O–H groups in total. The van der Waals surface area contributed by atoms with Gasteiger partial charge in [0.05, 0.1) is 5.56 Å². The van der Waals surface area contributed by atoms with Crippen molar-refractivity contribution in [1.29, 1.82) is 5.26 Å². The molecule has 0 bridgehead atoms. The number of carbonyl (C=O) groups excluding carboxylic acids is 1. The normalized spacial score (nSPS) is 16.4. The van der Waals surface area contributed by atoms with Crippen LogP contribution in [0.15, 0.2) is 12.3 Å². The molecule has 1 fully saturated rings. The van der Waals surface area contributed by atoms with E-state index in [9.17, 15) is 10.1 Å². The van der Waals surface area contributed by atoms with Gasteiger partial charge in [0.1, 0.15) is 17.7 Å². The van der Waals surface area contributed by atoms with Gasteiger partial charge in [-0.25, -0.2) is 4.98 Å². The van der Waals surface area contributed by atoms with Crippen LogP contribution in [0.2, 0.25) is 0 Å². The standard InChI is InChI=1S/C14H17N3O/c1-10-7-8-16-14(13(10)9-15)17(2)11-3-5-12(18)6-4-11/h7-8,11H,3-6H2,1-2H3. The lowest BCUT2D eigenvalue weighted by atomic mass is 9.93. The maximum Gasteiger partial charge on any atom is 0.146 e. The second-order valence-corrected chi connectivity index (χ2v) is 4.82. The van der Waals surface area contributed by atoms with Gasteiger partial charge < -0.3 is 4.90 Å². The number of anilines is 1. The molecule has 0 spiro atoms. The molecule has 0 atom stereocenters. The Balaban J connectivity index is 2.24. The summed E-state index contributed by atoms with van der Waals surface area (Å²) in [4.78, 5) is 17.6. The first-order valence-electron chi connectivity index (χ1n) is 6.23. The summed E-state index contributed by atoms with van der Waals surface area (Å²) in [5.74, 6) is 1.08. The van der Waals surface area contributed by atoms with E-state index < -0.39 is 0 Å². The molecule has 0 unspecified atom stereocenters. The third-order valence-electron chi connectivity index (χ3n) is 3.65. The van der Waals surface area contributed by atoms with E-state index >= 15 is 0 Å². The van der Waals surface area contributed by atoms with Crippen LogP contribution >= 0.6 is 0 Å². The second kappa shape index (κ2) is 5.18. The number of nitriles is 1. The average Bonchev–Trinajstić information content (AvgIpc) is 2.38. The minimum Gasteiger partial charge on any atom is -0.356 e. The fourth-order valence-electron chi connectivity index (χ4n) is 2.43. The zero-order valence-electron chi connectivity index (χ0n) is 10.8. The molecule has 94 valence electrons. The van der Waals surface area contributed by atoms with Gasteiger partial charge in [0.25, 0.3) is 0 Å². The highest BCUT2D eigenvalue weighted by Crippen LogP contribution is 2.26. The Kier molecular flexibility index (Phi) is 3.61. The highest BCUT2D eigenvalue weighted by Gasteiger charge is 2.24. The number of Topliss-reactive ketones (excluding diaryl/α,β-unsaturated/α-hetero) is 1. The lowest BCUT2D eigenvalue weighted by Crippen LogP contribution is -2.36. The number of hydrogen-bond acceptors (Lipinski definition) is 4. The van der Waals surface area contributed by atoms with E-state index in [0.29, 0.717) is 30.2 Å². The summed E-state index contributed by atoms with van der Waals surface area (Å²) >= 11 is 0. The molecule has 4 nitrogen and oxygen atoms in total. The van der Waals surface area contributed by atoms with E-state index in [2.05, 4.69) is 16.0 Å². The van der Waals surface area contributed by atoms with E-state index in [0.717, 1.165) is 24.2 Å². The average molecular weight is 243 g/mol. The number of nitrogens with zero attached hydrogens (tertiary/aromatic N) is 3. The Morgan fingerprint density at radius 3 is 2.72 bits per heavy atom. The fraction of sp³-hybridized carbons (Fsp3) is 0.500. The molecule has 0 aromatic carbocycles. The topological polar surface area (TPSA) is 57.0 Å². The second-order valence-electron chi connectivity index (χ2n) is 4.82. The molecular weight excluding hydrogens is 226 g/mol. The van der Waals surface area contributed by atoms with Crippen LogP contribution in [0.3, 0.4) is 0 Å². The Morgan fingerprint density at radius 1 is 1.44 bits per heavy atom. The van der Waals surface area contributed by atoms with Gasteiger partial charge in [0.2, 0.25) is 0 Å². The Labute approximate surface area is 107 Å². The molecule has 0 amide bonds. The number of hydrogen-bond donors (Lipinski definition) is 0. The van der Waals surface area contributed by atoms with E-state index in [1.165, 1.54) is 0 Å². The molecule has 4 heteroatoms. The van der Waals surface area contributed by atoms with Crippen molar-refractivity contribution in [2.24, 2.45) is 0 Å². The van der Waals surface area contributed by atoms with Gasteiger partial charge in [0.15, 0.2) is 0 Å². The molecule has 1 saturated carbocycles. The van der Waals surface area contributed by atoms with E-state index in [-0.39, 0.29) is 0 Å². The first-order valence-corrected chi connectivity index (χ1v) is 6.23. The smallest absolute Gasteiger partial charge is 0.146 e. The number of carbonyl (C=O) groups is 1. The Hall–Kier alpha value is -1.89. The molecule has 2 rings (SSSR count). The molecule has 18 heavy (non-hydrogen) atoms. The molecule has 1 aromatic rings. The van der Waals surface area contributed by atoms with Crippen LogP contribution in [0.25, 0.3) is 0 Å². The van der Waals surface area contributed by atoms with Crippen molar-refractivity contribution in [3.63, 3.8) is 0 Å². The van der Waals surface area contributed by atoms with Crippen LogP contribution in [0.1, 0.15) is 36.8 Å². The minimum absolute atomic E-state index is 0.309. The molecular formula is C14H17N3O. The van der Waals surface area contributed by atoms with Crippen LogP contribution in [0, 0.1) is 18.3 Å². The third-order valence-corrected chi connectivity index (χ3v) is 3.65. The van der Waals surface area contributed by atoms with E-state index in [1.807, 2.05) is 20.0 Å². The molecule has 0 aliphatic heterocycles. The molecule has 1 aliphatic carbocycles. The highest BCUT2D eigenvalue weighted by molar-refractivity contribution is 5.79. The van der Waals surface area contributed by atoms with Crippen LogP contribution in [-0.4, -0.2) is 23.9 Å². The van der Waals surface area contributed by atoms with Gasteiger partial charge in [-0.3, -0.25) is 4.79 Å². The first-order chi connectivity index (χ1) is 8.63.